The van der Waals surface area contributed by atoms with Crippen molar-refractivity contribution in [2.45, 2.75) is 25.8 Å². The summed E-state index contributed by atoms with van der Waals surface area (Å²) in [4.78, 5) is 0. The van der Waals surface area contributed by atoms with Crippen LogP contribution in [0, 0.1) is 12.0 Å². The summed E-state index contributed by atoms with van der Waals surface area (Å²) in [5.74, 6) is 0.566. The van der Waals surface area contributed by atoms with Gasteiger partial charge in [0.1, 0.15) is 6.58 Å². The predicted octanol–water partition coefficient (Wildman–Crippen LogP) is 1.92. The van der Waals surface area contributed by atoms with Crippen LogP contribution in [0.3, 0.4) is 0 Å². The van der Waals surface area contributed by atoms with E-state index < -0.39 is 0 Å². The molecule has 0 bridgehead atoms. The van der Waals surface area contributed by atoms with E-state index in [0.29, 0.717) is 12.0 Å². The van der Waals surface area contributed by atoms with Crippen molar-refractivity contribution in [2.24, 2.45) is 5.92 Å². The molecule has 0 amide bonds. The number of piperidine rings is 1. The van der Waals surface area contributed by atoms with Crippen molar-refractivity contribution in [1.29, 1.82) is 0 Å². The van der Waals surface area contributed by atoms with E-state index in [1.165, 1.54) is 12.8 Å². The van der Waals surface area contributed by atoms with Gasteiger partial charge >= 0.3 is 0 Å². The molecule has 0 aromatic heterocycles. The van der Waals surface area contributed by atoms with Crippen LogP contribution < -0.4 is 5.32 Å². The highest BCUT2D eigenvalue weighted by Crippen LogP contribution is 2.14. The number of hydrogen-bond acceptors (Lipinski definition) is 1. The Morgan fingerprint density at radius 1 is 1.55 bits per heavy atom. The van der Waals surface area contributed by atoms with Crippen LogP contribution in [-0.2, 0) is 0 Å². The molecule has 0 radical (unpaired) electrons. The van der Waals surface area contributed by atoms with Gasteiger partial charge in [-0.1, -0.05) is 12.2 Å². The van der Waals surface area contributed by atoms with E-state index in [2.05, 4.69) is 37.0 Å². The van der Waals surface area contributed by atoms with Crippen LogP contribution in [0.25, 0.3) is 0 Å². The molecule has 1 fully saturated rings. The largest absolute Gasteiger partial charge is 0.306 e. The zero-order valence-corrected chi connectivity index (χ0v) is 7.14. The van der Waals surface area contributed by atoms with E-state index in [0.717, 1.165) is 6.54 Å². The fraction of sp³-hybridized carbons (Fsp3) is 0.600. The van der Waals surface area contributed by atoms with Gasteiger partial charge in [-0.25, -0.2) is 0 Å². The number of allylic oxidation sites excluding steroid dienone is 1. The molecule has 1 saturated heterocycles. The molecular weight excluding hydrogens is 134 g/mol. The average molecular weight is 150 g/mol. The summed E-state index contributed by atoms with van der Waals surface area (Å²) in [5.41, 5.74) is 0. The molecule has 0 aliphatic carbocycles. The third-order valence-corrected chi connectivity index (χ3v) is 2.17. The molecular formula is C10H16N+. The fourth-order valence-electron chi connectivity index (χ4n) is 1.45. The summed E-state index contributed by atoms with van der Waals surface area (Å²) < 4.78 is 0. The van der Waals surface area contributed by atoms with Crippen molar-refractivity contribution in [3.8, 4) is 0 Å². The van der Waals surface area contributed by atoms with Crippen molar-refractivity contribution in [3.05, 3.63) is 24.8 Å². The van der Waals surface area contributed by atoms with Crippen LogP contribution in [0.1, 0.15) is 19.8 Å². The molecule has 1 heteroatoms. The van der Waals surface area contributed by atoms with Crippen LogP contribution in [0.5, 0.6) is 0 Å². The zero-order valence-electron chi connectivity index (χ0n) is 7.14. The highest BCUT2D eigenvalue weighted by Gasteiger charge is 2.23. The van der Waals surface area contributed by atoms with Gasteiger partial charge in [-0.15, -0.1) is 0 Å². The minimum atomic E-state index is 0.566. The molecule has 11 heavy (non-hydrogen) atoms. The van der Waals surface area contributed by atoms with Gasteiger partial charge in [-0.2, -0.15) is 0 Å². The number of rotatable bonds is 2. The molecule has 60 valence electrons. The van der Waals surface area contributed by atoms with E-state index in [1.807, 2.05) is 0 Å². The third-order valence-electron chi connectivity index (χ3n) is 2.17. The van der Waals surface area contributed by atoms with Crippen LogP contribution in [-0.4, -0.2) is 12.6 Å². The van der Waals surface area contributed by atoms with Gasteiger partial charge in [0.05, 0.1) is 0 Å². The Morgan fingerprint density at radius 2 is 2.36 bits per heavy atom. The predicted molar refractivity (Wildman–Crippen MR) is 48.2 cm³/mol. The van der Waals surface area contributed by atoms with Crippen LogP contribution >= 0.6 is 0 Å². The molecule has 0 spiro atoms. The van der Waals surface area contributed by atoms with Crippen LogP contribution in [0.15, 0.2) is 18.7 Å². The average Bonchev–Trinajstić information content (AvgIpc) is 2.07. The molecule has 1 N–H and O–H groups in total. The maximum Gasteiger partial charge on any atom is 0.219 e. The summed E-state index contributed by atoms with van der Waals surface area (Å²) in [7, 11) is 0. The van der Waals surface area contributed by atoms with E-state index in [1.54, 1.807) is 0 Å². The van der Waals surface area contributed by atoms with Crippen LogP contribution in [0.4, 0.5) is 0 Å². The number of nitrogens with one attached hydrogen (secondary N) is 1. The molecule has 0 saturated carbocycles. The molecule has 1 aliphatic heterocycles. The maximum absolute atomic E-state index is 3.67. The Kier molecular flexibility index (Phi) is 3.28. The highest BCUT2D eigenvalue weighted by molar-refractivity contribution is 4.95. The molecule has 0 aromatic carbocycles. The van der Waals surface area contributed by atoms with Gasteiger partial charge in [0.15, 0.2) is 5.92 Å². The second-order valence-electron chi connectivity index (χ2n) is 3.02. The Bertz CT molecular complexity index is 141. The summed E-state index contributed by atoms with van der Waals surface area (Å²) in [5, 5.41) is 3.43. The molecule has 1 nitrogen and oxygen atoms in total. The van der Waals surface area contributed by atoms with Gasteiger partial charge < -0.3 is 5.32 Å². The van der Waals surface area contributed by atoms with Crippen molar-refractivity contribution < 1.29 is 0 Å². The maximum atomic E-state index is 3.67. The SMILES string of the molecule is C=[C+]C1CCC(/C=C\C)NC1. The Morgan fingerprint density at radius 3 is 2.82 bits per heavy atom. The third kappa shape index (κ3) is 2.45. The Hall–Kier alpha value is -0.650. The van der Waals surface area contributed by atoms with Gasteiger partial charge in [0.25, 0.3) is 0 Å². The lowest BCUT2D eigenvalue weighted by molar-refractivity contribution is 0.383. The van der Waals surface area contributed by atoms with Gasteiger partial charge in [-0.05, 0) is 13.3 Å². The zero-order chi connectivity index (χ0) is 8.10. The Balaban J connectivity index is 2.29. The summed E-state index contributed by atoms with van der Waals surface area (Å²) in [6.45, 7) is 6.78. The lowest BCUT2D eigenvalue weighted by Gasteiger charge is -2.20. The van der Waals surface area contributed by atoms with Crippen molar-refractivity contribution in [3.63, 3.8) is 0 Å². The van der Waals surface area contributed by atoms with Crippen molar-refractivity contribution >= 4 is 0 Å². The first-order valence-electron chi connectivity index (χ1n) is 4.25. The van der Waals surface area contributed by atoms with Gasteiger partial charge in [0, 0.05) is 19.0 Å². The van der Waals surface area contributed by atoms with Gasteiger partial charge in [0.2, 0.25) is 6.08 Å². The number of hydrogen-bond donors (Lipinski definition) is 1. The van der Waals surface area contributed by atoms with E-state index in [-0.39, 0.29) is 0 Å². The highest BCUT2D eigenvalue weighted by atomic mass is 14.9. The van der Waals surface area contributed by atoms with Gasteiger partial charge in [-0.3, -0.25) is 0 Å². The lowest BCUT2D eigenvalue weighted by atomic mass is 9.95. The molecule has 1 aliphatic rings. The minimum absolute atomic E-state index is 0.566. The van der Waals surface area contributed by atoms with Crippen molar-refractivity contribution in [2.75, 3.05) is 6.54 Å². The Labute approximate surface area is 69.2 Å². The molecule has 1 rings (SSSR count). The molecule has 1 heterocycles. The molecule has 2 unspecified atom stereocenters. The van der Waals surface area contributed by atoms with E-state index in [4.69, 9.17) is 0 Å². The first-order chi connectivity index (χ1) is 5.36. The first kappa shape index (κ1) is 8.45. The second kappa shape index (κ2) is 4.27. The molecule has 0 aromatic rings. The molecule has 2 atom stereocenters. The smallest absolute Gasteiger partial charge is 0.219 e. The van der Waals surface area contributed by atoms with E-state index in [9.17, 15) is 0 Å². The standard InChI is InChI=1S/C10H16N/c1-3-5-10-7-6-9(4-2)8-11-10/h3,5,9-11H,2,6-8H2,1H3/q+1/b5-3-. The first-order valence-corrected chi connectivity index (χ1v) is 4.25. The summed E-state index contributed by atoms with van der Waals surface area (Å²) in [6, 6.07) is 0.588. The normalized spacial score (nSPS) is 32.1. The summed E-state index contributed by atoms with van der Waals surface area (Å²) in [6.07, 6.45) is 9.81. The summed E-state index contributed by atoms with van der Waals surface area (Å²) >= 11 is 0. The minimum Gasteiger partial charge on any atom is -0.306 e. The monoisotopic (exact) mass is 150 g/mol. The van der Waals surface area contributed by atoms with E-state index >= 15 is 0 Å². The quantitative estimate of drug-likeness (QED) is 0.468. The topological polar surface area (TPSA) is 12.0 Å². The van der Waals surface area contributed by atoms with Crippen molar-refractivity contribution in [1.82, 2.24) is 5.32 Å². The lowest BCUT2D eigenvalue weighted by Crippen LogP contribution is -2.36. The fourth-order valence-corrected chi connectivity index (χ4v) is 1.45. The van der Waals surface area contributed by atoms with Crippen LogP contribution in [0.2, 0.25) is 0 Å². The second-order valence-corrected chi connectivity index (χ2v) is 3.02.